The number of hydrogen-bond acceptors (Lipinski definition) is 2. The third-order valence-electron chi connectivity index (χ3n) is 3.25. The van der Waals surface area contributed by atoms with Crippen LogP contribution >= 0.6 is 0 Å². The van der Waals surface area contributed by atoms with Crippen LogP contribution in [0.25, 0.3) is 0 Å². The molecular weight excluding hydrogens is 172 g/mol. The van der Waals surface area contributed by atoms with Crippen LogP contribution in [0.5, 0.6) is 0 Å². The van der Waals surface area contributed by atoms with Crippen molar-refractivity contribution in [1.29, 1.82) is 0 Å². The van der Waals surface area contributed by atoms with Crippen molar-refractivity contribution in [1.82, 2.24) is 10.2 Å². The maximum atomic E-state index is 3.45. The van der Waals surface area contributed by atoms with E-state index in [1.807, 2.05) is 0 Å². The van der Waals surface area contributed by atoms with Gasteiger partial charge in [0.1, 0.15) is 0 Å². The number of nitrogens with zero attached hydrogens (tertiary/aromatic N) is 1. The molecule has 84 valence electrons. The first-order chi connectivity index (χ1) is 6.63. The van der Waals surface area contributed by atoms with Gasteiger partial charge in [0, 0.05) is 19.1 Å². The van der Waals surface area contributed by atoms with Gasteiger partial charge in [-0.3, -0.25) is 0 Å². The Balaban J connectivity index is 2.28. The molecule has 0 aromatic heterocycles. The van der Waals surface area contributed by atoms with E-state index >= 15 is 0 Å². The third kappa shape index (κ3) is 3.58. The van der Waals surface area contributed by atoms with Crippen LogP contribution in [-0.4, -0.2) is 38.1 Å². The summed E-state index contributed by atoms with van der Waals surface area (Å²) in [5, 5.41) is 3.45. The number of rotatable bonds is 5. The second-order valence-corrected chi connectivity index (χ2v) is 5.20. The lowest BCUT2D eigenvalue weighted by Gasteiger charge is -2.26. The lowest BCUT2D eigenvalue weighted by Crippen LogP contribution is -2.37. The Labute approximate surface area is 89.1 Å². The highest BCUT2D eigenvalue weighted by atomic mass is 15.1. The van der Waals surface area contributed by atoms with Gasteiger partial charge < -0.3 is 10.2 Å². The van der Waals surface area contributed by atoms with Crippen molar-refractivity contribution in [2.45, 2.75) is 39.2 Å². The monoisotopic (exact) mass is 198 g/mol. The first kappa shape index (κ1) is 12.0. The minimum absolute atomic E-state index is 0.768. The summed E-state index contributed by atoms with van der Waals surface area (Å²) < 4.78 is 0. The van der Waals surface area contributed by atoms with Crippen molar-refractivity contribution in [3.63, 3.8) is 0 Å². The molecule has 1 fully saturated rings. The Bertz CT molecular complexity index is 156. The average molecular weight is 198 g/mol. The van der Waals surface area contributed by atoms with Crippen molar-refractivity contribution in [3.8, 4) is 0 Å². The van der Waals surface area contributed by atoms with Gasteiger partial charge in [-0.25, -0.2) is 0 Å². The highest BCUT2D eigenvalue weighted by Crippen LogP contribution is 2.25. The molecule has 0 aromatic carbocycles. The maximum Gasteiger partial charge on any atom is 0.0104 e. The maximum absolute atomic E-state index is 3.45. The minimum Gasteiger partial charge on any atom is -0.317 e. The number of hydrogen-bond donors (Lipinski definition) is 1. The lowest BCUT2D eigenvalue weighted by molar-refractivity contribution is 0.234. The molecule has 2 atom stereocenters. The smallest absolute Gasteiger partial charge is 0.0104 e. The fourth-order valence-electron chi connectivity index (χ4n) is 2.73. The van der Waals surface area contributed by atoms with Gasteiger partial charge in [0.2, 0.25) is 0 Å². The Morgan fingerprint density at radius 2 is 2.07 bits per heavy atom. The minimum atomic E-state index is 0.768. The molecule has 14 heavy (non-hydrogen) atoms. The van der Waals surface area contributed by atoms with Crippen LogP contribution < -0.4 is 5.32 Å². The van der Waals surface area contributed by atoms with Crippen LogP contribution in [0.4, 0.5) is 0 Å². The Morgan fingerprint density at radius 3 is 2.64 bits per heavy atom. The van der Waals surface area contributed by atoms with Gasteiger partial charge in [0.15, 0.2) is 0 Å². The van der Waals surface area contributed by atoms with Gasteiger partial charge in [-0.2, -0.15) is 0 Å². The molecule has 2 nitrogen and oxygen atoms in total. The van der Waals surface area contributed by atoms with Crippen LogP contribution in [0.2, 0.25) is 0 Å². The zero-order chi connectivity index (χ0) is 10.6. The molecule has 0 bridgehead atoms. The molecule has 1 aliphatic carbocycles. The zero-order valence-electron chi connectivity index (χ0n) is 10.2. The van der Waals surface area contributed by atoms with E-state index in [4.69, 9.17) is 0 Å². The summed E-state index contributed by atoms with van der Waals surface area (Å²) in [5.74, 6) is 1.66. The summed E-state index contributed by atoms with van der Waals surface area (Å²) >= 11 is 0. The van der Waals surface area contributed by atoms with E-state index in [0.717, 1.165) is 17.9 Å². The predicted octanol–water partition coefficient (Wildman–Crippen LogP) is 1.96. The van der Waals surface area contributed by atoms with Gasteiger partial charge in [0.25, 0.3) is 0 Å². The van der Waals surface area contributed by atoms with E-state index in [1.54, 1.807) is 0 Å². The van der Waals surface area contributed by atoms with E-state index in [9.17, 15) is 0 Å². The molecule has 1 saturated carbocycles. The van der Waals surface area contributed by atoms with Crippen LogP contribution in [0.3, 0.4) is 0 Å². The van der Waals surface area contributed by atoms with Crippen LogP contribution in [0, 0.1) is 11.8 Å². The SMILES string of the molecule is CNC1CCCC1CN(C)CC(C)C. The Kier molecular flexibility index (Phi) is 4.90. The lowest BCUT2D eigenvalue weighted by atomic mass is 10.0. The summed E-state index contributed by atoms with van der Waals surface area (Å²) in [6.07, 6.45) is 4.19. The van der Waals surface area contributed by atoms with Gasteiger partial charge in [0.05, 0.1) is 0 Å². The molecule has 0 aliphatic heterocycles. The fraction of sp³-hybridized carbons (Fsp3) is 1.00. The van der Waals surface area contributed by atoms with Crippen molar-refractivity contribution < 1.29 is 0 Å². The molecule has 2 heteroatoms. The molecule has 1 N–H and O–H groups in total. The third-order valence-corrected chi connectivity index (χ3v) is 3.25. The molecule has 0 radical (unpaired) electrons. The second kappa shape index (κ2) is 5.72. The average Bonchev–Trinajstić information content (AvgIpc) is 2.50. The molecule has 0 aromatic rings. The van der Waals surface area contributed by atoms with Gasteiger partial charge in [-0.05, 0) is 38.8 Å². The van der Waals surface area contributed by atoms with Crippen molar-refractivity contribution in [2.24, 2.45) is 11.8 Å². The van der Waals surface area contributed by atoms with E-state index in [0.29, 0.717) is 0 Å². The summed E-state index contributed by atoms with van der Waals surface area (Å²) in [7, 11) is 4.36. The number of nitrogens with one attached hydrogen (secondary N) is 1. The summed E-state index contributed by atoms with van der Waals surface area (Å²) in [6.45, 7) is 7.08. The molecule has 0 saturated heterocycles. The first-order valence-electron chi connectivity index (χ1n) is 5.99. The molecular formula is C12H26N2. The Hall–Kier alpha value is -0.0800. The van der Waals surface area contributed by atoms with E-state index in [-0.39, 0.29) is 0 Å². The molecule has 0 spiro atoms. The van der Waals surface area contributed by atoms with Crippen molar-refractivity contribution in [3.05, 3.63) is 0 Å². The standard InChI is InChI=1S/C12H26N2/c1-10(2)8-14(4)9-11-6-5-7-12(11)13-3/h10-13H,5-9H2,1-4H3. The van der Waals surface area contributed by atoms with E-state index in [2.05, 4.69) is 38.2 Å². The zero-order valence-corrected chi connectivity index (χ0v) is 10.2. The second-order valence-electron chi connectivity index (χ2n) is 5.20. The Morgan fingerprint density at radius 1 is 1.36 bits per heavy atom. The van der Waals surface area contributed by atoms with Crippen LogP contribution in [-0.2, 0) is 0 Å². The highest BCUT2D eigenvalue weighted by molar-refractivity contribution is 4.83. The highest BCUT2D eigenvalue weighted by Gasteiger charge is 2.26. The quantitative estimate of drug-likeness (QED) is 0.726. The van der Waals surface area contributed by atoms with Gasteiger partial charge in [-0.15, -0.1) is 0 Å². The summed E-state index contributed by atoms with van der Waals surface area (Å²) in [5.41, 5.74) is 0. The molecule has 2 unspecified atom stereocenters. The molecule has 0 amide bonds. The molecule has 1 aliphatic rings. The normalized spacial score (nSPS) is 27.9. The van der Waals surface area contributed by atoms with Crippen LogP contribution in [0.15, 0.2) is 0 Å². The van der Waals surface area contributed by atoms with Gasteiger partial charge >= 0.3 is 0 Å². The van der Waals surface area contributed by atoms with Gasteiger partial charge in [-0.1, -0.05) is 20.3 Å². The van der Waals surface area contributed by atoms with Crippen molar-refractivity contribution in [2.75, 3.05) is 27.2 Å². The van der Waals surface area contributed by atoms with Crippen molar-refractivity contribution >= 4 is 0 Å². The summed E-state index contributed by atoms with van der Waals surface area (Å²) in [4.78, 5) is 2.49. The largest absolute Gasteiger partial charge is 0.317 e. The molecule has 0 heterocycles. The van der Waals surface area contributed by atoms with E-state index < -0.39 is 0 Å². The summed E-state index contributed by atoms with van der Waals surface area (Å²) in [6, 6.07) is 0.768. The first-order valence-corrected chi connectivity index (χ1v) is 5.99. The molecule has 1 rings (SSSR count). The topological polar surface area (TPSA) is 15.3 Å². The van der Waals surface area contributed by atoms with Crippen LogP contribution in [0.1, 0.15) is 33.1 Å². The fourth-order valence-corrected chi connectivity index (χ4v) is 2.73. The predicted molar refractivity (Wildman–Crippen MR) is 62.5 cm³/mol. The van der Waals surface area contributed by atoms with E-state index in [1.165, 1.54) is 32.4 Å².